The van der Waals surface area contributed by atoms with Crippen molar-refractivity contribution in [3.63, 3.8) is 0 Å². The molecule has 8 heteroatoms. The Kier molecular flexibility index (Phi) is 4.46. The predicted octanol–water partition coefficient (Wildman–Crippen LogP) is 1.44. The Labute approximate surface area is 139 Å². The number of benzene rings is 1. The van der Waals surface area contributed by atoms with Crippen molar-refractivity contribution in [2.75, 3.05) is 24.3 Å². The molecule has 2 aromatic heterocycles. The van der Waals surface area contributed by atoms with Crippen molar-refractivity contribution in [3.05, 3.63) is 48.8 Å². The fourth-order valence-corrected chi connectivity index (χ4v) is 2.09. The Morgan fingerprint density at radius 1 is 1.21 bits per heavy atom. The smallest absolute Gasteiger partial charge is 0.248 e. The highest BCUT2D eigenvalue weighted by atomic mass is 16.2. The van der Waals surface area contributed by atoms with Gasteiger partial charge in [0.2, 0.25) is 11.7 Å². The minimum atomic E-state index is -0.220. The SMILES string of the molecule is CN(C)c1ccc(NC(=O)Cn2nnc(-c3cccnc3)n2)cc1. The molecule has 24 heavy (non-hydrogen) atoms. The van der Waals surface area contributed by atoms with Gasteiger partial charge in [-0.1, -0.05) is 0 Å². The van der Waals surface area contributed by atoms with Gasteiger partial charge in [0.15, 0.2) is 0 Å². The van der Waals surface area contributed by atoms with Crippen LogP contribution in [0.4, 0.5) is 11.4 Å². The number of hydrogen-bond donors (Lipinski definition) is 1. The molecule has 0 fully saturated rings. The number of nitrogens with zero attached hydrogens (tertiary/aromatic N) is 6. The monoisotopic (exact) mass is 323 g/mol. The third-order valence-corrected chi connectivity index (χ3v) is 3.33. The van der Waals surface area contributed by atoms with Gasteiger partial charge in [-0.2, -0.15) is 4.80 Å². The number of tetrazole rings is 1. The van der Waals surface area contributed by atoms with E-state index in [2.05, 4.69) is 25.7 Å². The number of hydrogen-bond acceptors (Lipinski definition) is 6. The van der Waals surface area contributed by atoms with Crippen LogP contribution in [0, 0.1) is 0 Å². The summed E-state index contributed by atoms with van der Waals surface area (Å²) in [6.45, 7) is -0.0112. The first kappa shape index (κ1) is 15.6. The van der Waals surface area contributed by atoms with Crippen molar-refractivity contribution in [1.82, 2.24) is 25.2 Å². The quantitative estimate of drug-likeness (QED) is 0.764. The predicted molar refractivity (Wildman–Crippen MR) is 90.4 cm³/mol. The van der Waals surface area contributed by atoms with Crippen LogP contribution in [0.3, 0.4) is 0 Å². The highest BCUT2D eigenvalue weighted by Crippen LogP contribution is 2.15. The van der Waals surface area contributed by atoms with Crippen molar-refractivity contribution >= 4 is 17.3 Å². The van der Waals surface area contributed by atoms with Gasteiger partial charge in [0, 0.05) is 43.4 Å². The minimum Gasteiger partial charge on any atom is -0.378 e. The van der Waals surface area contributed by atoms with Crippen molar-refractivity contribution < 1.29 is 4.79 Å². The minimum absolute atomic E-state index is 0.0112. The maximum atomic E-state index is 12.1. The molecule has 0 radical (unpaired) electrons. The summed E-state index contributed by atoms with van der Waals surface area (Å²) >= 11 is 0. The van der Waals surface area contributed by atoms with E-state index in [-0.39, 0.29) is 12.5 Å². The molecule has 0 saturated heterocycles. The van der Waals surface area contributed by atoms with E-state index in [4.69, 9.17) is 0 Å². The van der Waals surface area contributed by atoms with Gasteiger partial charge >= 0.3 is 0 Å². The Hall–Kier alpha value is -3.29. The molecule has 1 amide bonds. The van der Waals surface area contributed by atoms with Gasteiger partial charge in [-0.15, -0.1) is 10.2 Å². The van der Waals surface area contributed by atoms with E-state index < -0.39 is 0 Å². The molecule has 0 unspecified atom stereocenters. The molecule has 0 aliphatic carbocycles. The molecule has 0 bridgehead atoms. The Bertz CT molecular complexity index is 812. The number of nitrogens with one attached hydrogen (secondary N) is 1. The lowest BCUT2D eigenvalue weighted by Gasteiger charge is -2.12. The van der Waals surface area contributed by atoms with Gasteiger partial charge in [0.1, 0.15) is 6.54 Å². The maximum absolute atomic E-state index is 12.1. The number of pyridine rings is 1. The summed E-state index contributed by atoms with van der Waals surface area (Å²) < 4.78 is 0. The summed E-state index contributed by atoms with van der Waals surface area (Å²) in [7, 11) is 3.92. The average Bonchev–Trinajstić information content (AvgIpc) is 3.04. The molecular formula is C16H17N7O. The molecule has 0 aliphatic rings. The number of aromatic nitrogens is 5. The van der Waals surface area contributed by atoms with E-state index in [0.717, 1.165) is 16.9 Å². The molecule has 0 atom stereocenters. The second-order valence-corrected chi connectivity index (χ2v) is 5.37. The third-order valence-electron chi connectivity index (χ3n) is 3.33. The Balaban J connectivity index is 1.62. The lowest BCUT2D eigenvalue weighted by atomic mass is 10.2. The summed E-state index contributed by atoms with van der Waals surface area (Å²) in [5.74, 6) is 0.217. The van der Waals surface area contributed by atoms with Crippen LogP contribution in [-0.2, 0) is 11.3 Å². The number of anilines is 2. The lowest BCUT2D eigenvalue weighted by Crippen LogP contribution is -2.20. The van der Waals surface area contributed by atoms with Gasteiger partial charge in [0.05, 0.1) is 0 Å². The molecule has 0 saturated carbocycles. The van der Waals surface area contributed by atoms with Gasteiger partial charge in [-0.3, -0.25) is 9.78 Å². The molecule has 3 aromatic rings. The summed E-state index contributed by atoms with van der Waals surface area (Å²) in [5, 5.41) is 14.8. The fraction of sp³-hybridized carbons (Fsp3) is 0.188. The Morgan fingerprint density at radius 3 is 2.67 bits per heavy atom. The highest BCUT2D eigenvalue weighted by molar-refractivity contribution is 5.90. The van der Waals surface area contributed by atoms with Gasteiger partial charge in [-0.05, 0) is 41.6 Å². The van der Waals surface area contributed by atoms with E-state index in [1.807, 2.05) is 49.3 Å². The van der Waals surface area contributed by atoms with E-state index in [1.54, 1.807) is 18.5 Å². The first-order valence-electron chi connectivity index (χ1n) is 7.37. The summed E-state index contributed by atoms with van der Waals surface area (Å²) in [6, 6.07) is 11.2. The molecule has 3 rings (SSSR count). The van der Waals surface area contributed by atoms with E-state index in [0.29, 0.717) is 5.82 Å². The van der Waals surface area contributed by atoms with Crippen LogP contribution < -0.4 is 10.2 Å². The molecule has 1 N–H and O–H groups in total. The van der Waals surface area contributed by atoms with Crippen LogP contribution in [0.2, 0.25) is 0 Å². The van der Waals surface area contributed by atoms with Crippen LogP contribution in [0.5, 0.6) is 0 Å². The Morgan fingerprint density at radius 2 is 2.00 bits per heavy atom. The number of carbonyl (C=O) groups excluding carboxylic acids is 1. The first-order chi connectivity index (χ1) is 11.6. The van der Waals surface area contributed by atoms with Crippen LogP contribution >= 0.6 is 0 Å². The summed E-state index contributed by atoms with van der Waals surface area (Å²) in [4.78, 5) is 19.3. The molecular weight excluding hydrogens is 306 g/mol. The molecule has 0 spiro atoms. The van der Waals surface area contributed by atoms with Gasteiger partial charge in [-0.25, -0.2) is 0 Å². The topological polar surface area (TPSA) is 88.8 Å². The van der Waals surface area contributed by atoms with Crippen LogP contribution in [0.15, 0.2) is 48.8 Å². The zero-order chi connectivity index (χ0) is 16.9. The lowest BCUT2D eigenvalue weighted by molar-refractivity contribution is -0.117. The molecule has 1 aromatic carbocycles. The summed E-state index contributed by atoms with van der Waals surface area (Å²) in [5.41, 5.74) is 2.54. The van der Waals surface area contributed by atoms with Crippen LogP contribution in [0.1, 0.15) is 0 Å². The van der Waals surface area contributed by atoms with E-state index in [1.165, 1.54) is 4.80 Å². The molecule has 0 aliphatic heterocycles. The number of rotatable bonds is 5. The molecule has 2 heterocycles. The largest absolute Gasteiger partial charge is 0.378 e. The second-order valence-electron chi connectivity index (χ2n) is 5.37. The zero-order valence-electron chi connectivity index (χ0n) is 13.4. The normalized spacial score (nSPS) is 10.4. The van der Waals surface area contributed by atoms with Gasteiger partial charge < -0.3 is 10.2 Å². The van der Waals surface area contributed by atoms with Crippen LogP contribution in [-0.4, -0.2) is 45.2 Å². The number of amides is 1. The van der Waals surface area contributed by atoms with Crippen molar-refractivity contribution in [2.45, 2.75) is 6.54 Å². The van der Waals surface area contributed by atoms with E-state index >= 15 is 0 Å². The number of carbonyl (C=O) groups is 1. The van der Waals surface area contributed by atoms with Crippen LogP contribution in [0.25, 0.3) is 11.4 Å². The van der Waals surface area contributed by atoms with Crippen molar-refractivity contribution in [2.24, 2.45) is 0 Å². The zero-order valence-corrected chi connectivity index (χ0v) is 13.4. The van der Waals surface area contributed by atoms with Gasteiger partial charge in [0.25, 0.3) is 0 Å². The highest BCUT2D eigenvalue weighted by Gasteiger charge is 2.09. The second kappa shape index (κ2) is 6.86. The summed E-state index contributed by atoms with van der Waals surface area (Å²) in [6.07, 6.45) is 3.32. The third kappa shape index (κ3) is 3.72. The fourth-order valence-electron chi connectivity index (χ4n) is 2.09. The van der Waals surface area contributed by atoms with Crippen molar-refractivity contribution in [1.29, 1.82) is 0 Å². The van der Waals surface area contributed by atoms with Crippen molar-refractivity contribution in [3.8, 4) is 11.4 Å². The molecule has 8 nitrogen and oxygen atoms in total. The van der Waals surface area contributed by atoms with E-state index in [9.17, 15) is 4.79 Å². The first-order valence-corrected chi connectivity index (χ1v) is 7.37. The standard InChI is InChI=1S/C16H17N7O/c1-22(2)14-7-5-13(6-8-14)18-15(24)11-23-20-16(19-21-23)12-4-3-9-17-10-12/h3-10H,11H2,1-2H3,(H,18,24). The maximum Gasteiger partial charge on any atom is 0.248 e. The molecule has 122 valence electrons. The average molecular weight is 323 g/mol.